The first-order valence-corrected chi connectivity index (χ1v) is 19.9. The molecule has 2 saturated heterocycles. The van der Waals surface area contributed by atoms with Crippen LogP contribution < -0.4 is 0 Å². The minimum absolute atomic E-state index is 0.0794. The van der Waals surface area contributed by atoms with Crippen molar-refractivity contribution in [3.8, 4) is 0 Å². The molecule has 6 rings (SSSR count). The summed E-state index contributed by atoms with van der Waals surface area (Å²) in [6.45, 7) is 9.58. The van der Waals surface area contributed by atoms with Crippen LogP contribution in [0.25, 0.3) is 0 Å². The van der Waals surface area contributed by atoms with E-state index >= 15 is 0 Å². The highest BCUT2D eigenvalue weighted by atomic mass is 16.7. The van der Waals surface area contributed by atoms with E-state index in [1.165, 1.54) is 0 Å². The minimum Gasteiger partial charge on any atom is -0.394 e. The molecule has 0 aromatic carbocycles. The van der Waals surface area contributed by atoms with Gasteiger partial charge >= 0.3 is 0 Å². The molecule has 2 heterocycles. The van der Waals surface area contributed by atoms with Crippen molar-refractivity contribution in [2.75, 3.05) is 13.2 Å². The van der Waals surface area contributed by atoms with E-state index in [-0.39, 0.29) is 41.4 Å². The van der Waals surface area contributed by atoms with Crippen molar-refractivity contribution in [2.45, 2.75) is 172 Å². The molecule has 5 fully saturated rings. The molecule has 0 aromatic rings. The van der Waals surface area contributed by atoms with Crippen LogP contribution in [0.2, 0.25) is 0 Å². The van der Waals surface area contributed by atoms with Crippen LogP contribution in [0.15, 0.2) is 11.6 Å². The highest BCUT2D eigenvalue weighted by Crippen LogP contribution is 2.68. The number of aliphatic hydroxyl groups excluding tert-OH is 10. The Morgan fingerprint density at radius 3 is 1.92 bits per heavy atom. The predicted octanol–water partition coefficient (Wildman–Crippen LogP) is -0.0505. The summed E-state index contributed by atoms with van der Waals surface area (Å²) >= 11 is 0. The van der Waals surface area contributed by atoms with Gasteiger partial charge in [0.25, 0.3) is 0 Å². The molecule has 14 nitrogen and oxygen atoms in total. The fraction of sp³-hybridized carbons (Fsp3) is 0.949. The van der Waals surface area contributed by atoms with Crippen LogP contribution >= 0.6 is 0 Å². The van der Waals surface area contributed by atoms with Crippen LogP contribution in [0.5, 0.6) is 0 Å². The van der Waals surface area contributed by atoms with Crippen LogP contribution in [0.1, 0.15) is 86.0 Å². The molecule has 21 atom stereocenters. The summed E-state index contributed by atoms with van der Waals surface area (Å²) in [5.41, 5.74) is 0.176. The normalized spacial score (nSPS) is 51.2. The average molecular weight is 759 g/mol. The van der Waals surface area contributed by atoms with Gasteiger partial charge in [0, 0.05) is 11.8 Å². The van der Waals surface area contributed by atoms with E-state index in [0.717, 1.165) is 31.3 Å². The molecule has 0 aromatic heterocycles. The number of rotatable bonds is 11. The third-order valence-electron chi connectivity index (χ3n) is 14.7. The second kappa shape index (κ2) is 16.2. The largest absolute Gasteiger partial charge is 0.394 e. The first-order chi connectivity index (χ1) is 25.0. The zero-order valence-electron chi connectivity index (χ0n) is 31.8. The summed E-state index contributed by atoms with van der Waals surface area (Å²) < 4.78 is 24.8. The summed E-state index contributed by atoms with van der Waals surface area (Å²) in [6.07, 6.45) is -9.27. The molecule has 2 aliphatic heterocycles. The Labute approximate surface area is 312 Å². The molecule has 4 aliphatic carbocycles. The van der Waals surface area contributed by atoms with Crippen molar-refractivity contribution in [1.82, 2.24) is 0 Å². The summed E-state index contributed by atoms with van der Waals surface area (Å²) in [6, 6.07) is 0. The van der Waals surface area contributed by atoms with Crippen LogP contribution in [0, 0.1) is 46.3 Å². The maximum Gasteiger partial charge on any atom is 0.187 e. The smallest absolute Gasteiger partial charge is 0.187 e. The Kier molecular flexibility index (Phi) is 12.8. The van der Waals surface area contributed by atoms with Gasteiger partial charge in [-0.05, 0) is 85.9 Å². The molecule has 0 amide bonds. The van der Waals surface area contributed by atoms with Gasteiger partial charge in [-0.3, -0.25) is 0 Å². The fourth-order valence-electron chi connectivity index (χ4n) is 11.7. The van der Waals surface area contributed by atoms with E-state index in [1.54, 1.807) is 0 Å². The monoisotopic (exact) mass is 758 g/mol. The highest BCUT2D eigenvalue weighted by Gasteiger charge is 2.65. The Bertz CT molecular complexity index is 1260. The Morgan fingerprint density at radius 2 is 1.36 bits per heavy atom. The third-order valence-corrected chi connectivity index (χ3v) is 14.7. The molecular formula is C39H66O14. The van der Waals surface area contributed by atoms with E-state index in [9.17, 15) is 51.1 Å². The van der Waals surface area contributed by atoms with Crippen molar-refractivity contribution < 1.29 is 70.0 Å². The van der Waals surface area contributed by atoms with Crippen molar-refractivity contribution in [1.29, 1.82) is 0 Å². The number of hydrogen-bond donors (Lipinski definition) is 10. The van der Waals surface area contributed by atoms with E-state index in [4.69, 9.17) is 18.9 Å². The average Bonchev–Trinajstić information content (AvgIpc) is 3.42. The molecule has 3 saturated carbocycles. The number of hydrogen-bond acceptors (Lipinski definition) is 14. The summed E-state index contributed by atoms with van der Waals surface area (Å²) in [5, 5.41) is 106. The Hall–Kier alpha value is -0.820. The van der Waals surface area contributed by atoms with Gasteiger partial charge in [0.05, 0.1) is 37.6 Å². The summed E-state index contributed by atoms with van der Waals surface area (Å²) in [5.74, 6) is 0.371. The highest BCUT2D eigenvalue weighted by molar-refractivity contribution is 5.28. The van der Waals surface area contributed by atoms with Gasteiger partial charge < -0.3 is 70.0 Å². The maximum atomic E-state index is 11.6. The van der Waals surface area contributed by atoms with Gasteiger partial charge in [0.1, 0.15) is 48.8 Å². The predicted molar refractivity (Wildman–Crippen MR) is 188 cm³/mol. The lowest BCUT2D eigenvalue weighted by Crippen LogP contribution is -2.62. The fourth-order valence-corrected chi connectivity index (χ4v) is 11.7. The molecule has 0 spiro atoms. The van der Waals surface area contributed by atoms with Gasteiger partial charge in [-0.15, -0.1) is 0 Å². The number of ether oxygens (including phenoxy) is 4. The van der Waals surface area contributed by atoms with Crippen LogP contribution in [-0.2, 0) is 18.9 Å². The van der Waals surface area contributed by atoms with E-state index < -0.39 is 104 Å². The molecule has 306 valence electrons. The Balaban J connectivity index is 1.31. The van der Waals surface area contributed by atoms with Crippen LogP contribution in [0.4, 0.5) is 0 Å². The molecule has 14 heteroatoms. The number of allylic oxidation sites excluding steroid dienone is 1. The maximum absolute atomic E-state index is 11.6. The lowest BCUT2D eigenvalue weighted by molar-refractivity contribution is -0.324. The first kappa shape index (κ1) is 41.8. The van der Waals surface area contributed by atoms with Crippen LogP contribution in [-0.4, -0.2) is 150 Å². The lowest BCUT2D eigenvalue weighted by Gasteiger charge is -2.60. The van der Waals surface area contributed by atoms with Crippen molar-refractivity contribution >= 4 is 0 Å². The lowest BCUT2D eigenvalue weighted by atomic mass is 9.46. The summed E-state index contributed by atoms with van der Waals surface area (Å²) in [7, 11) is 0. The van der Waals surface area contributed by atoms with Crippen molar-refractivity contribution in [3.05, 3.63) is 11.6 Å². The molecule has 0 radical (unpaired) electrons. The molecule has 10 N–H and O–H groups in total. The second-order valence-electron chi connectivity index (χ2n) is 18.1. The molecule has 53 heavy (non-hydrogen) atoms. The SMILES string of the molecule is CC(C)CC[C@H](O)[C@@H](C)[C@@H]1[C@H](O[C@@H]2O[C@H](CO)[C@@H](O)[C@H](O)[C@@H]2O)C[C@@H]2[C@@H]3CC=C4C[C@@H](O)C[C@H](O[C@@H]5O[C@H](CO)[C@@H](O)[C@H](O)[C@@H]5O)[C@]4(C)[C@H]3CC[C@]12C. The van der Waals surface area contributed by atoms with Gasteiger partial charge in [-0.2, -0.15) is 0 Å². The van der Waals surface area contributed by atoms with Gasteiger partial charge in [-0.25, -0.2) is 0 Å². The van der Waals surface area contributed by atoms with Gasteiger partial charge in [0.2, 0.25) is 0 Å². The first-order valence-electron chi connectivity index (χ1n) is 19.9. The van der Waals surface area contributed by atoms with Crippen molar-refractivity contribution in [2.24, 2.45) is 46.3 Å². The van der Waals surface area contributed by atoms with Crippen LogP contribution in [0.3, 0.4) is 0 Å². The third kappa shape index (κ3) is 7.42. The Morgan fingerprint density at radius 1 is 0.774 bits per heavy atom. The number of fused-ring (bicyclic) bond motifs is 5. The zero-order valence-corrected chi connectivity index (χ0v) is 31.8. The quantitative estimate of drug-likeness (QED) is 0.124. The topological polar surface area (TPSA) is 239 Å². The minimum atomic E-state index is -1.59. The molecule has 6 aliphatic rings. The molecular weight excluding hydrogens is 692 g/mol. The number of aliphatic hydroxyl groups is 10. The standard InChI is InChI=1S/C39H66O14/c1-17(2)6-9-24(43)18(3)29-25(50-36-34(48)32(46)30(44)26(15-40)51-36)14-23-21-8-7-19-12-20(42)13-28(39(19,5)22(21)10-11-38(23,29)4)53-37-35(49)33(47)31(45)27(16-41)52-37/h7,17-18,20-37,40-49H,6,8-16H2,1-5H3/t18-,20-,21-,22+,23-,24+,25-,26-,27-,28+,29-,30-,31-,32+,33+,34+,35+,36-,37+,38+,39+/m1/s1. The van der Waals surface area contributed by atoms with E-state index in [1.807, 2.05) is 0 Å². The summed E-state index contributed by atoms with van der Waals surface area (Å²) in [4.78, 5) is 0. The second-order valence-corrected chi connectivity index (χ2v) is 18.1. The van der Waals surface area contributed by atoms with Gasteiger partial charge in [-0.1, -0.05) is 46.3 Å². The molecule has 0 unspecified atom stereocenters. The zero-order chi connectivity index (χ0) is 38.7. The van der Waals surface area contributed by atoms with E-state index in [0.29, 0.717) is 25.2 Å². The van der Waals surface area contributed by atoms with E-state index in [2.05, 4.69) is 40.7 Å². The molecule has 0 bridgehead atoms. The van der Waals surface area contributed by atoms with Gasteiger partial charge in [0.15, 0.2) is 12.6 Å². The van der Waals surface area contributed by atoms with Crippen molar-refractivity contribution in [3.63, 3.8) is 0 Å².